The number of carbonyl (C=O) groups excluding carboxylic acids is 1. The van der Waals surface area contributed by atoms with Crippen LogP contribution in [0.1, 0.15) is 45.4 Å². The summed E-state index contributed by atoms with van der Waals surface area (Å²) in [6.07, 6.45) is 7.62. The van der Waals surface area contributed by atoms with Gasteiger partial charge in [0.15, 0.2) is 0 Å². The van der Waals surface area contributed by atoms with Crippen molar-refractivity contribution in [2.24, 2.45) is 17.8 Å². The lowest BCUT2D eigenvalue weighted by Crippen LogP contribution is -2.32. The predicted octanol–water partition coefficient (Wildman–Crippen LogP) is 2.77. The largest absolute Gasteiger partial charge is 0.466 e. The fraction of sp³-hybridized carbons (Fsp3) is 0.917. The third-order valence-electron chi connectivity index (χ3n) is 3.75. The topological polar surface area (TPSA) is 26.3 Å². The van der Waals surface area contributed by atoms with Crippen molar-refractivity contribution in [2.45, 2.75) is 45.4 Å². The molecule has 80 valence electrons. The van der Waals surface area contributed by atoms with Gasteiger partial charge in [0.05, 0.1) is 12.5 Å². The molecule has 0 aromatic heterocycles. The minimum atomic E-state index is 0.0594. The molecule has 2 rings (SSSR count). The highest BCUT2D eigenvalue weighted by molar-refractivity contribution is 5.72. The second-order valence-electron chi connectivity index (χ2n) is 4.82. The number of esters is 1. The summed E-state index contributed by atoms with van der Waals surface area (Å²) in [5.41, 5.74) is 0. The summed E-state index contributed by atoms with van der Waals surface area (Å²) in [5.74, 6) is 1.91. The molecule has 2 aliphatic rings. The first-order chi connectivity index (χ1) is 6.79. The van der Waals surface area contributed by atoms with E-state index in [9.17, 15) is 4.79 Å². The van der Waals surface area contributed by atoms with Gasteiger partial charge in [0.2, 0.25) is 0 Å². The minimum Gasteiger partial charge on any atom is -0.466 e. The number of ether oxygens (including phenoxy) is 1. The Kier molecular flexibility index (Phi) is 3.09. The Morgan fingerprint density at radius 1 is 1.21 bits per heavy atom. The van der Waals surface area contributed by atoms with E-state index in [1.807, 2.05) is 6.92 Å². The molecule has 0 aromatic carbocycles. The summed E-state index contributed by atoms with van der Waals surface area (Å²) in [6, 6.07) is 0. The van der Waals surface area contributed by atoms with Gasteiger partial charge in [0.25, 0.3) is 0 Å². The predicted molar refractivity (Wildman–Crippen MR) is 54.8 cm³/mol. The molecule has 2 nitrogen and oxygen atoms in total. The average molecular weight is 196 g/mol. The van der Waals surface area contributed by atoms with Crippen LogP contribution in [0, 0.1) is 17.8 Å². The number of carbonyl (C=O) groups is 1. The molecular weight excluding hydrogens is 176 g/mol. The van der Waals surface area contributed by atoms with Crippen LogP contribution in [0.15, 0.2) is 0 Å². The van der Waals surface area contributed by atoms with E-state index in [4.69, 9.17) is 4.74 Å². The molecule has 0 aromatic rings. The normalized spacial score (nSPS) is 36.5. The van der Waals surface area contributed by atoms with Gasteiger partial charge in [-0.3, -0.25) is 4.79 Å². The molecule has 0 N–H and O–H groups in total. The molecule has 2 atom stereocenters. The van der Waals surface area contributed by atoms with Crippen LogP contribution < -0.4 is 0 Å². The maximum atomic E-state index is 11.6. The number of rotatable bonds is 2. The molecule has 0 heterocycles. The Bertz CT molecular complexity index is 200. The van der Waals surface area contributed by atoms with Gasteiger partial charge in [-0.1, -0.05) is 19.3 Å². The van der Waals surface area contributed by atoms with Crippen LogP contribution in [0.2, 0.25) is 0 Å². The van der Waals surface area contributed by atoms with Gasteiger partial charge in [-0.25, -0.2) is 0 Å². The summed E-state index contributed by atoms with van der Waals surface area (Å²) in [7, 11) is 0. The molecule has 0 spiro atoms. The monoisotopic (exact) mass is 196 g/mol. The van der Waals surface area contributed by atoms with Crippen molar-refractivity contribution >= 4 is 5.97 Å². The first-order valence-corrected chi connectivity index (χ1v) is 5.96. The van der Waals surface area contributed by atoms with Gasteiger partial charge >= 0.3 is 5.97 Å². The van der Waals surface area contributed by atoms with E-state index in [0.29, 0.717) is 6.61 Å². The molecule has 0 aliphatic heterocycles. The van der Waals surface area contributed by atoms with E-state index in [0.717, 1.165) is 24.7 Å². The quantitative estimate of drug-likeness (QED) is 0.635. The van der Waals surface area contributed by atoms with Crippen molar-refractivity contribution in [3.05, 3.63) is 0 Å². The molecule has 2 aliphatic carbocycles. The summed E-state index contributed by atoms with van der Waals surface area (Å²) >= 11 is 0. The summed E-state index contributed by atoms with van der Waals surface area (Å²) in [4.78, 5) is 11.6. The van der Waals surface area contributed by atoms with Gasteiger partial charge in [-0.05, 0) is 38.0 Å². The molecule has 2 saturated carbocycles. The maximum Gasteiger partial charge on any atom is 0.308 e. The van der Waals surface area contributed by atoms with E-state index in [1.54, 1.807) is 0 Å². The summed E-state index contributed by atoms with van der Waals surface area (Å²) in [5, 5.41) is 0. The zero-order chi connectivity index (χ0) is 9.97. The number of hydrogen-bond donors (Lipinski definition) is 0. The highest BCUT2D eigenvalue weighted by atomic mass is 16.5. The fourth-order valence-electron chi connectivity index (χ4n) is 3.18. The van der Waals surface area contributed by atoms with Crippen molar-refractivity contribution in [2.75, 3.05) is 6.61 Å². The lowest BCUT2D eigenvalue weighted by molar-refractivity contribution is -0.150. The van der Waals surface area contributed by atoms with Crippen LogP contribution in [0.25, 0.3) is 0 Å². The Balaban J connectivity index is 1.91. The molecule has 0 amide bonds. The van der Waals surface area contributed by atoms with Gasteiger partial charge < -0.3 is 4.74 Å². The average Bonchev–Trinajstić information content (AvgIpc) is 2.17. The van der Waals surface area contributed by atoms with Gasteiger partial charge in [-0.2, -0.15) is 0 Å². The maximum absolute atomic E-state index is 11.6. The SMILES string of the molecule is CCOC(=O)C1CC2CCCC(C2)C1. The lowest BCUT2D eigenvalue weighted by Gasteiger charge is -2.37. The highest BCUT2D eigenvalue weighted by Gasteiger charge is 2.35. The Labute approximate surface area is 86.0 Å². The number of hydrogen-bond acceptors (Lipinski definition) is 2. The Morgan fingerprint density at radius 2 is 1.86 bits per heavy atom. The standard InChI is InChI=1S/C12H20O2/c1-2-14-12(13)11-7-9-4-3-5-10(6-9)8-11/h9-11H,2-8H2,1H3. The first kappa shape index (κ1) is 10.0. The zero-order valence-corrected chi connectivity index (χ0v) is 9.00. The van der Waals surface area contributed by atoms with E-state index < -0.39 is 0 Å². The second kappa shape index (κ2) is 4.33. The Hall–Kier alpha value is -0.530. The third kappa shape index (κ3) is 2.10. The van der Waals surface area contributed by atoms with Crippen molar-refractivity contribution in [3.63, 3.8) is 0 Å². The lowest BCUT2D eigenvalue weighted by atomic mass is 9.68. The molecule has 0 radical (unpaired) electrons. The van der Waals surface area contributed by atoms with Crippen LogP contribution in [-0.4, -0.2) is 12.6 Å². The number of fused-ring (bicyclic) bond motifs is 2. The first-order valence-electron chi connectivity index (χ1n) is 5.96. The summed E-state index contributed by atoms with van der Waals surface area (Å²) < 4.78 is 5.11. The smallest absolute Gasteiger partial charge is 0.308 e. The van der Waals surface area contributed by atoms with Crippen LogP contribution in [0.5, 0.6) is 0 Å². The molecule has 14 heavy (non-hydrogen) atoms. The fourth-order valence-corrected chi connectivity index (χ4v) is 3.18. The van der Waals surface area contributed by atoms with Gasteiger partial charge in [0, 0.05) is 0 Å². The van der Waals surface area contributed by atoms with Crippen molar-refractivity contribution in [3.8, 4) is 0 Å². The molecule has 2 bridgehead atoms. The molecule has 0 saturated heterocycles. The second-order valence-corrected chi connectivity index (χ2v) is 4.82. The zero-order valence-electron chi connectivity index (χ0n) is 9.00. The molecule has 2 unspecified atom stereocenters. The molecule has 2 heteroatoms. The van der Waals surface area contributed by atoms with Crippen LogP contribution in [0.4, 0.5) is 0 Å². The van der Waals surface area contributed by atoms with Crippen LogP contribution in [0.3, 0.4) is 0 Å². The Morgan fingerprint density at radius 3 is 2.43 bits per heavy atom. The van der Waals surface area contributed by atoms with Gasteiger partial charge in [-0.15, -0.1) is 0 Å². The van der Waals surface area contributed by atoms with Crippen LogP contribution >= 0.6 is 0 Å². The van der Waals surface area contributed by atoms with Crippen molar-refractivity contribution in [1.82, 2.24) is 0 Å². The summed E-state index contributed by atoms with van der Waals surface area (Å²) in [6.45, 7) is 2.42. The van der Waals surface area contributed by atoms with Crippen LogP contribution in [-0.2, 0) is 9.53 Å². The van der Waals surface area contributed by atoms with E-state index in [2.05, 4.69) is 0 Å². The van der Waals surface area contributed by atoms with Gasteiger partial charge in [0.1, 0.15) is 0 Å². The van der Waals surface area contributed by atoms with Crippen molar-refractivity contribution < 1.29 is 9.53 Å². The minimum absolute atomic E-state index is 0.0594. The molecule has 2 fully saturated rings. The van der Waals surface area contributed by atoms with E-state index in [-0.39, 0.29) is 11.9 Å². The van der Waals surface area contributed by atoms with E-state index in [1.165, 1.54) is 25.7 Å². The molecular formula is C12H20O2. The van der Waals surface area contributed by atoms with Crippen molar-refractivity contribution in [1.29, 1.82) is 0 Å². The third-order valence-corrected chi connectivity index (χ3v) is 3.75. The highest BCUT2D eigenvalue weighted by Crippen LogP contribution is 2.42. The van der Waals surface area contributed by atoms with E-state index >= 15 is 0 Å².